The Morgan fingerprint density at radius 2 is 1.79 bits per heavy atom. The summed E-state index contributed by atoms with van der Waals surface area (Å²) < 4.78 is 5.51. The van der Waals surface area contributed by atoms with E-state index in [0.717, 1.165) is 57.9 Å². The number of carbonyl (C=O) groups excluding carboxylic acids is 1. The molecule has 1 amide bonds. The first-order valence-corrected chi connectivity index (χ1v) is 12.2. The Balaban J connectivity index is 1.43. The van der Waals surface area contributed by atoms with E-state index in [-0.39, 0.29) is 11.9 Å². The summed E-state index contributed by atoms with van der Waals surface area (Å²) in [6.45, 7) is 0. The third kappa shape index (κ3) is 3.73. The molecule has 7 heteroatoms. The summed E-state index contributed by atoms with van der Waals surface area (Å²) in [6, 6.07) is 21.5. The van der Waals surface area contributed by atoms with Crippen molar-refractivity contribution >= 4 is 35.0 Å². The van der Waals surface area contributed by atoms with Crippen LogP contribution in [0, 0.1) is 0 Å². The van der Waals surface area contributed by atoms with E-state index in [9.17, 15) is 4.79 Å². The zero-order chi connectivity index (χ0) is 22.4. The predicted octanol–water partition coefficient (Wildman–Crippen LogP) is 7.11. The molecule has 0 spiro atoms. The quantitative estimate of drug-likeness (QED) is 0.317. The second kappa shape index (κ2) is 8.36. The van der Waals surface area contributed by atoms with Gasteiger partial charge in [0.05, 0.1) is 11.3 Å². The van der Waals surface area contributed by atoms with Gasteiger partial charge in [0.15, 0.2) is 0 Å². The van der Waals surface area contributed by atoms with Gasteiger partial charge < -0.3 is 9.42 Å². The van der Waals surface area contributed by atoms with Gasteiger partial charge in [-0.1, -0.05) is 59.6 Å². The van der Waals surface area contributed by atoms with E-state index < -0.39 is 0 Å². The molecule has 2 heterocycles. The molecule has 1 aromatic heterocycles. The minimum Gasteiger partial charge on any atom is -0.334 e. The Hall–Kier alpha value is -3.09. The fraction of sp³-hybridized carbons (Fsp3) is 0.192. The maximum absolute atomic E-state index is 13.6. The van der Waals surface area contributed by atoms with E-state index in [0.29, 0.717) is 16.7 Å². The van der Waals surface area contributed by atoms with Gasteiger partial charge in [0.25, 0.3) is 11.8 Å². The molecular formula is C26H20ClN3O2S. The molecule has 2 aliphatic rings. The van der Waals surface area contributed by atoms with Crippen LogP contribution in [0.25, 0.3) is 22.8 Å². The van der Waals surface area contributed by atoms with Gasteiger partial charge in [-0.25, -0.2) is 0 Å². The monoisotopic (exact) mass is 473 g/mol. The number of fused-ring (bicyclic) bond motifs is 2. The summed E-state index contributed by atoms with van der Waals surface area (Å²) in [5.41, 5.74) is 3.33. The first-order chi connectivity index (χ1) is 16.2. The van der Waals surface area contributed by atoms with Crippen LogP contribution < -0.4 is 4.90 Å². The predicted molar refractivity (Wildman–Crippen MR) is 130 cm³/mol. The van der Waals surface area contributed by atoms with Gasteiger partial charge in [0.2, 0.25) is 5.82 Å². The van der Waals surface area contributed by atoms with Crippen molar-refractivity contribution in [1.29, 1.82) is 0 Å². The van der Waals surface area contributed by atoms with Crippen LogP contribution in [0.15, 0.2) is 81.0 Å². The molecule has 1 aliphatic carbocycles. The van der Waals surface area contributed by atoms with Crippen LogP contribution in [0.3, 0.4) is 0 Å². The van der Waals surface area contributed by atoms with Crippen molar-refractivity contribution in [2.24, 2.45) is 0 Å². The maximum atomic E-state index is 13.6. The smallest absolute Gasteiger partial charge is 0.259 e. The van der Waals surface area contributed by atoms with E-state index in [1.807, 2.05) is 53.4 Å². The van der Waals surface area contributed by atoms with Crippen LogP contribution in [0.1, 0.15) is 36.0 Å². The van der Waals surface area contributed by atoms with Crippen molar-refractivity contribution in [1.82, 2.24) is 10.1 Å². The van der Waals surface area contributed by atoms with Crippen LogP contribution in [-0.4, -0.2) is 22.1 Å². The van der Waals surface area contributed by atoms with E-state index in [2.05, 4.69) is 16.2 Å². The Labute approximate surface area is 200 Å². The second-order valence-corrected chi connectivity index (χ2v) is 9.85. The van der Waals surface area contributed by atoms with Crippen molar-refractivity contribution in [2.45, 2.75) is 41.5 Å². The molecule has 6 rings (SSSR count). The van der Waals surface area contributed by atoms with Gasteiger partial charge in [-0.2, -0.15) is 4.98 Å². The molecule has 1 saturated carbocycles. The van der Waals surface area contributed by atoms with Crippen molar-refractivity contribution in [3.05, 3.63) is 77.3 Å². The Bertz CT molecular complexity index is 1360. The molecule has 164 valence electrons. The number of amides is 1. The third-order valence-electron chi connectivity index (χ3n) is 6.22. The summed E-state index contributed by atoms with van der Waals surface area (Å²) in [5.74, 6) is 1.01. The lowest BCUT2D eigenvalue weighted by Gasteiger charge is -2.29. The highest BCUT2D eigenvalue weighted by atomic mass is 35.5. The average Bonchev–Trinajstić information content (AvgIpc) is 3.51. The fourth-order valence-electron chi connectivity index (χ4n) is 4.63. The van der Waals surface area contributed by atoms with Crippen LogP contribution in [-0.2, 0) is 0 Å². The summed E-state index contributed by atoms with van der Waals surface area (Å²) in [4.78, 5) is 22.2. The van der Waals surface area contributed by atoms with E-state index in [1.165, 1.54) is 0 Å². The highest BCUT2D eigenvalue weighted by Crippen LogP contribution is 2.45. The number of nitrogens with zero attached hydrogens (tertiary/aromatic N) is 3. The standard InChI is InChI=1S/C26H20ClN3O2S/c27-18-7-5-6-17(14-18)25-28-24(29-32-25)16-12-13-21-23(15-16)33-22-11-4-3-10-20(22)26(31)30(21)19-8-1-2-9-19/h3-7,10-15,19H,1-2,8-9H2. The molecule has 1 aliphatic heterocycles. The average molecular weight is 474 g/mol. The number of benzene rings is 3. The largest absolute Gasteiger partial charge is 0.334 e. The molecule has 0 radical (unpaired) electrons. The second-order valence-electron chi connectivity index (χ2n) is 8.33. The van der Waals surface area contributed by atoms with Crippen molar-refractivity contribution in [2.75, 3.05) is 4.90 Å². The lowest BCUT2D eigenvalue weighted by molar-refractivity contribution is 0.0974. The van der Waals surface area contributed by atoms with Crippen LogP contribution >= 0.6 is 23.4 Å². The minimum absolute atomic E-state index is 0.0827. The molecule has 0 saturated heterocycles. The van der Waals surface area contributed by atoms with Crippen molar-refractivity contribution in [3.63, 3.8) is 0 Å². The molecule has 0 N–H and O–H groups in total. The van der Waals surface area contributed by atoms with Gasteiger partial charge in [-0.15, -0.1) is 0 Å². The molecule has 33 heavy (non-hydrogen) atoms. The van der Waals surface area contributed by atoms with Gasteiger partial charge >= 0.3 is 0 Å². The van der Waals surface area contributed by atoms with E-state index in [1.54, 1.807) is 23.9 Å². The molecule has 4 aromatic rings. The van der Waals surface area contributed by atoms with Crippen LogP contribution in [0.5, 0.6) is 0 Å². The first kappa shape index (κ1) is 20.5. The van der Waals surface area contributed by atoms with Crippen LogP contribution in [0.4, 0.5) is 5.69 Å². The summed E-state index contributed by atoms with van der Waals surface area (Å²) in [5, 5.41) is 4.82. The summed E-state index contributed by atoms with van der Waals surface area (Å²) in [7, 11) is 0. The van der Waals surface area contributed by atoms with Gasteiger partial charge in [0, 0.05) is 32.0 Å². The number of rotatable bonds is 3. The van der Waals surface area contributed by atoms with E-state index in [4.69, 9.17) is 16.1 Å². The molecule has 0 bridgehead atoms. The zero-order valence-corrected chi connectivity index (χ0v) is 19.3. The molecule has 1 fully saturated rings. The Morgan fingerprint density at radius 3 is 2.64 bits per heavy atom. The zero-order valence-electron chi connectivity index (χ0n) is 17.7. The summed E-state index contributed by atoms with van der Waals surface area (Å²) >= 11 is 7.73. The highest BCUT2D eigenvalue weighted by molar-refractivity contribution is 7.99. The minimum atomic E-state index is 0.0827. The molecule has 3 aromatic carbocycles. The summed E-state index contributed by atoms with van der Waals surface area (Å²) in [6.07, 6.45) is 4.39. The SMILES string of the molecule is O=C1c2ccccc2Sc2cc(-c3noc(-c4cccc(Cl)c4)n3)ccc2N1C1CCCC1. The van der Waals surface area contributed by atoms with Gasteiger partial charge in [-0.05, 0) is 61.4 Å². The number of hydrogen-bond acceptors (Lipinski definition) is 5. The van der Waals surface area contributed by atoms with E-state index >= 15 is 0 Å². The number of carbonyl (C=O) groups is 1. The van der Waals surface area contributed by atoms with Crippen molar-refractivity contribution in [3.8, 4) is 22.8 Å². The molecule has 0 unspecified atom stereocenters. The van der Waals surface area contributed by atoms with Gasteiger partial charge in [-0.3, -0.25) is 4.79 Å². The number of aromatic nitrogens is 2. The molecular weight excluding hydrogens is 454 g/mol. The van der Waals surface area contributed by atoms with Gasteiger partial charge in [0.1, 0.15) is 0 Å². The molecule has 5 nitrogen and oxygen atoms in total. The topological polar surface area (TPSA) is 59.2 Å². The lowest BCUT2D eigenvalue weighted by atomic mass is 10.1. The third-order valence-corrected chi connectivity index (χ3v) is 7.58. The van der Waals surface area contributed by atoms with Crippen LogP contribution in [0.2, 0.25) is 5.02 Å². The number of hydrogen-bond donors (Lipinski definition) is 0. The molecule has 0 atom stereocenters. The highest BCUT2D eigenvalue weighted by Gasteiger charge is 2.34. The lowest BCUT2D eigenvalue weighted by Crippen LogP contribution is -2.39. The number of halogens is 1. The number of anilines is 1. The maximum Gasteiger partial charge on any atom is 0.259 e. The Kier molecular flexibility index (Phi) is 5.19. The fourth-order valence-corrected chi connectivity index (χ4v) is 5.92. The van der Waals surface area contributed by atoms with Crippen molar-refractivity contribution < 1.29 is 9.32 Å². The normalized spacial score (nSPS) is 15.9. The first-order valence-electron chi connectivity index (χ1n) is 11.0. The Morgan fingerprint density at radius 1 is 0.939 bits per heavy atom.